The molecule has 5 heterocycles. The molecule has 1 saturated heterocycles. The quantitative estimate of drug-likeness (QED) is 0.658. The van der Waals surface area contributed by atoms with Crippen LogP contribution in [0, 0.1) is 13.8 Å². The Bertz CT molecular complexity index is 1080. The second-order valence-electron chi connectivity index (χ2n) is 8.41. The van der Waals surface area contributed by atoms with Crippen LogP contribution >= 0.6 is 0 Å². The van der Waals surface area contributed by atoms with Crippen molar-refractivity contribution in [3.63, 3.8) is 0 Å². The van der Waals surface area contributed by atoms with Crippen molar-refractivity contribution in [2.75, 3.05) is 6.54 Å². The summed E-state index contributed by atoms with van der Waals surface area (Å²) in [6.45, 7) is 5.76. The molecule has 0 spiro atoms. The van der Waals surface area contributed by atoms with Crippen molar-refractivity contribution in [1.82, 2.24) is 39.2 Å². The Labute approximate surface area is 175 Å². The zero-order valence-corrected chi connectivity index (χ0v) is 17.7. The van der Waals surface area contributed by atoms with Gasteiger partial charge in [0.2, 0.25) is 5.91 Å². The van der Waals surface area contributed by atoms with Gasteiger partial charge in [0.25, 0.3) is 5.78 Å². The molecule has 1 atom stereocenters. The van der Waals surface area contributed by atoms with E-state index >= 15 is 0 Å². The molecule has 2 aliphatic rings. The molecule has 9 nitrogen and oxygen atoms in total. The first-order valence-corrected chi connectivity index (χ1v) is 11.0. The van der Waals surface area contributed by atoms with Gasteiger partial charge in [0.15, 0.2) is 5.82 Å². The van der Waals surface area contributed by atoms with Crippen LogP contribution in [0.1, 0.15) is 73.2 Å². The van der Waals surface area contributed by atoms with Crippen LogP contribution in [0.5, 0.6) is 0 Å². The zero-order chi connectivity index (χ0) is 20.7. The lowest BCUT2D eigenvalue weighted by Gasteiger charge is -2.25. The van der Waals surface area contributed by atoms with E-state index < -0.39 is 0 Å². The summed E-state index contributed by atoms with van der Waals surface area (Å²) in [5.74, 6) is 2.85. The van der Waals surface area contributed by atoms with E-state index in [1.165, 1.54) is 19.2 Å². The molecule has 0 aromatic carbocycles. The Morgan fingerprint density at radius 3 is 2.93 bits per heavy atom. The number of aromatic nitrogens is 7. The highest BCUT2D eigenvalue weighted by atomic mass is 16.2. The Kier molecular flexibility index (Phi) is 4.96. The van der Waals surface area contributed by atoms with E-state index in [1.54, 1.807) is 4.52 Å². The summed E-state index contributed by atoms with van der Waals surface area (Å²) in [5, 5.41) is 13.2. The highest BCUT2D eigenvalue weighted by molar-refractivity contribution is 5.77. The average Bonchev–Trinajstić information content (AvgIpc) is 3.44. The first-order valence-electron chi connectivity index (χ1n) is 11.0. The molecular weight excluding hydrogens is 380 g/mol. The highest BCUT2D eigenvalue weighted by Crippen LogP contribution is 2.33. The molecule has 1 fully saturated rings. The lowest BCUT2D eigenvalue weighted by molar-refractivity contribution is -0.132. The fourth-order valence-electron chi connectivity index (χ4n) is 4.98. The van der Waals surface area contributed by atoms with Gasteiger partial charge in [-0.2, -0.15) is 10.1 Å². The molecule has 1 unspecified atom stereocenters. The predicted molar refractivity (Wildman–Crippen MR) is 110 cm³/mol. The largest absolute Gasteiger partial charge is 0.332 e. The highest BCUT2D eigenvalue weighted by Gasteiger charge is 2.34. The second-order valence-corrected chi connectivity index (χ2v) is 8.41. The minimum atomic E-state index is 0.0509. The molecule has 0 aliphatic carbocycles. The topological polar surface area (TPSA) is 94.1 Å². The number of likely N-dealkylation sites (tertiary alicyclic amines) is 1. The summed E-state index contributed by atoms with van der Waals surface area (Å²) in [5.41, 5.74) is 3.00. The van der Waals surface area contributed by atoms with E-state index in [2.05, 4.69) is 29.8 Å². The molecule has 2 aliphatic heterocycles. The van der Waals surface area contributed by atoms with Crippen molar-refractivity contribution < 1.29 is 4.79 Å². The van der Waals surface area contributed by atoms with E-state index in [0.29, 0.717) is 18.6 Å². The number of carbonyl (C=O) groups is 1. The summed E-state index contributed by atoms with van der Waals surface area (Å²) < 4.78 is 4.02. The van der Waals surface area contributed by atoms with Gasteiger partial charge >= 0.3 is 0 Å². The van der Waals surface area contributed by atoms with Gasteiger partial charge in [-0.1, -0.05) is 6.42 Å². The summed E-state index contributed by atoms with van der Waals surface area (Å²) in [4.78, 5) is 23.9. The van der Waals surface area contributed by atoms with Gasteiger partial charge in [0.1, 0.15) is 12.2 Å². The number of nitrogens with zero attached hydrogens (tertiary/aromatic N) is 8. The number of hydrogen-bond donors (Lipinski definition) is 0. The fourth-order valence-corrected chi connectivity index (χ4v) is 4.98. The number of hydrogen-bond acceptors (Lipinski definition) is 6. The van der Waals surface area contributed by atoms with Gasteiger partial charge in [-0.3, -0.25) is 4.79 Å². The van der Waals surface area contributed by atoms with Crippen LogP contribution in [-0.2, 0) is 24.2 Å². The number of rotatable bonds is 4. The fraction of sp³-hybridized carbons (Fsp3) is 0.619. The molecule has 158 valence electrons. The first-order chi connectivity index (χ1) is 14.6. The molecule has 0 saturated carbocycles. The Morgan fingerprint density at radius 2 is 2.03 bits per heavy atom. The predicted octanol–water partition coefficient (Wildman–Crippen LogP) is 2.36. The van der Waals surface area contributed by atoms with E-state index in [-0.39, 0.29) is 11.9 Å². The van der Waals surface area contributed by atoms with Crippen molar-refractivity contribution >= 4 is 11.7 Å². The smallest absolute Gasteiger partial charge is 0.252 e. The minimum Gasteiger partial charge on any atom is -0.332 e. The third-order valence-corrected chi connectivity index (χ3v) is 6.59. The van der Waals surface area contributed by atoms with Crippen LogP contribution < -0.4 is 0 Å². The molecule has 30 heavy (non-hydrogen) atoms. The standard InChI is InChI=1S/C21H28N8O/c1-14-16(15(2)29-21(24-14)22-13-23-29)9-10-19(30)27-12-6-7-17(27)20-26-25-18-8-4-3-5-11-28(18)20/h13,17H,3-12H2,1-2H3. The molecule has 5 rings (SSSR count). The zero-order valence-electron chi connectivity index (χ0n) is 17.7. The summed E-state index contributed by atoms with van der Waals surface area (Å²) in [7, 11) is 0. The normalized spacial score (nSPS) is 19.3. The lowest BCUT2D eigenvalue weighted by atomic mass is 10.1. The van der Waals surface area contributed by atoms with E-state index in [9.17, 15) is 4.79 Å². The maximum Gasteiger partial charge on any atom is 0.252 e. The molecule has 9 heteroatoms. The van der Waals surface area contributed by atoms with Gasteiger partial charge in [-0.25, -0.2) is 9.50 Å². The Hall–Kier alpha value is -2.84. The van der Waals surface area contributed by atoms with Gasteiger partial charge in [0, 0.05) is 37.3 Å². The molecule has 0 bridgehead atoms. The summed E-state index contributed by atoms with van der Waals surface area (Å²) in [6, 6.07) is 0.0509. The maximum atomic E-state index is 13.2. The number of carbonyl (C=O) groups excluding carboxylic acids is 1. The van der Waals surface area contributed by atoms with Gasteiger partial charge in [-0.05, 0) is 51.5 Å². The summed E-state index contributed by atoms with van der Waals surface area (Å²) in [6.07, 6.45) is 9.17. The molecule has 1 amide bonds. The van der Waals surface area contributed by atoms with Crippen molar-refractivity contribution in [3.05, 3.63) is 34.9 Å². The van der Waals surface area contributed by atoms with Crippen molar-refractivity contribution in [2.24, 2.45) is 0 Å². The minimum absolute atomic E-state index is 0.0509. The van der Waals surface area contributed by atoms with Crippen LogP contribution in [0.3, 0.4) is 0 Å². The van der Waals surface area contributed by atoms with Crippen LogP contribution in [0.4, 0.5) is 0 Å². The molecule has 0 N–H and O–H groups in total. The number of amides is 1. The van der Waals surface area contributed by atoms with Crippen LogP contribution in [0.15, 0.2) is 6.33 Å². The van der Waals surface area contributed by atoms with Crippen molar-refractivity contribution in [3.8, 4) is 0 Å². The molecule has 0 radical (unpaired) electrons. The summed E-state index contributed by atoms with van der Waals surface area (Å²) >= 11 is 0. The SMILES string of the molecule is Cc1nc2ncnn2c(C)c1CCC(=O)N1CCCC1c1nnc2n1CCCCC2. The van der Waals surface area contributed by atoms with Crippen molar-refractivity contribution in [2.45, 2.75) is 77.8 Å². The Balaban J connectivity index is 1.34. The van der Waals surface area contributed by atoms with Crippen molar-refractivity contribution in [1.29, 1.82) is 0 Å². The van der Waals surface area contributed by atoms with E-state index in [0.717, 1.165) is 67.4 Å². The number of fused-ring (bicyclic) bond motifs is 2. The van der Waals surface area contributed by atoms with Gasteiger partial charge in [0.05, 0.1) is 6.04 Å². The van der Waals surface area contributed by atoms with E-state index in [4.69, 9.17) is 0 Å². The van der Waals surface area contributed by atoms with Gasteiger partial charge < -0.3 is 9.47 Å². The number of aryl methyl sites for hydroxylation is 3. The molecule has 3 aromatic rings. The molecule has 3 aromatic heterocycles. The van der Waals surface area contributed by atoms with Gasteiger partial charge in [-0.15, -0.1) is 10.2 Å². The molecular formula is C21H28N8O. The van der Waals surface area contributed by atoms with Crippen LogP contribution in [0.2, 0.25) is 0 Å². The lowest BCUT2D eigenvalue weighted by Crippen LogP contribution is -2.32. The average molecular weight is 409 g/mol. The maximum absolute atomic E-state index is 13.2. The van der Waals surface area contributed by atoms with E-state index in [1.807, 2.05) is 18.7 Å². The second kappa shape index (κ2) is 7.77. The third kappa shape index (κ3) is 3.26. The Morgan fingerprint density at radius 1 is 1.13 bits per heavy atom. The van der Waals surface area contributed by atoms with Crippen LogP contribution in [0.25, 0.3) is 5.78 Å². The first kappa shape index (κ1) is 19.1. The third-order valence-electron chi connectivity index (χ3n) is 6.59. The van der Waals surface area contributed by atoms with Crippen LogP contribution in [-0.4, -0.2) is 51.7 Å². The monoisotopic (exact) mass is 408 g/mol.